The molecule has 1 fully saturated rings. The Morgan fingerprint density at radius 3 is 2.63 bits per heavy atom. The minimum atomic E-state index is -0.673. The summed E-state index contributed by atoms with van der Waals surface area (Å²) in [6.45, 7) is 4.66. The number of halogens is 1. The van der Waals surface area contributed by atoms with E-state index in [1.165, 1.54) is 34.1 Å². The summed E-state index contributed by atoms with van der Waals surface area (Å²) >= 11 is 1.28. The lowest BCUT2D eigenvalue weighted by molar-refractivity contribution is 0.0357. The molecule has 1 aliphatic rings. The van der Waals surface area contributed by atoms with Gasteiger partial charge in [-0.3, -0.25) is 24.0 Å². The highest BCUT2D eigenvalue weighted by Gasteiger charge is 2.21. The molecule has 1 N–H and O–H groups in total. The van der Waals surface area contributed by atoms with Crippen LogP contribution in [0.15, 0.2) is 83.2 Å². The van der Waals surface area contributed by atoms with Gasteiger partial charge in [0.2, 0.25) is 0 Å². The molecule has 52 heavy (non-hydrogen) atoms. The number of fused-ring (bicyclic) bond motifs is 2. The lowest BCUT2D eigenvalue weighted by Gasteiger charge is -2.26. The molecule has 268 valence electrons. The Kier molecular flexibility index (Phi) is 10.8. The molecular formula is C39H37FN4O7S. The number of hydrogen-bond acceptors (Lipinski definition) is 11. The van der Waals surface area contributed by atoms with Gasteiger partial charge in [0.15, 0.2) is 28.8 Å². The van der Waals surface area contributed by atoms with Gasteiger partial charge < -0.3 is 24.1 Å². The highest BCUT2D eigenvalue weighted by atomic mass is 32.1. The van der Waals surface area contributed by atoms with Crippen LogP contribution in [0, 0.1) is 5.82 Å². The maximum atomic E-state index is 15.6. The number of ketones is 1. The van der Waals surface area contributed by atoms with Crippen LogP contribution < -0.4 is 19.8 Å². The number of aliphatic hydroxyl groups excluding tert-OH is 1. The molecule has 1 saturated heterocycles. The Morgan fingerprint density at radius 1 is 0.981 bits per heavy atom. The minimum Gasteiger partial charge on any atom is -0.493 e. The van der Waals surface area contributed by atoms with Crippen molar-refractivity contribution in [3.05, 3.63) is 111 Å². The van der Waals surface area contributed by atoms with E-state index in [0.29, 0.717) is 62.8 Å². The van der Waals surface area contributed by atoms with Gasteiger partial charge in [0.05, 0.1) is 54.7 Å². The Bertz CT molecular complexity index is 2290. The Labute approximate surface area is 302 Å². The van der Waals surface area contributed by atoms with E-state index >= 15 is 4.39 Å². The topological polar surface area (TPSA) is 125 Å². The van der Waals surface area contributed by atoms with Crippen LogP contribution in [0.4, 0.5) is 4.39 Å². The second-order valence-corrected chi connectivity index (χ2v) is 13.1. The number of aromatic nitrogens is 3. The lowest BCUT2D eigenvalue weighted by Crippen LogP contribution is -2.37. The van der Waals surface area contributed by atoms with Crippen molar-refractivity contribution in [2.75, 3.05) is 53.2 Å². The van der Waals surface area contributed by atoms with Crippen molar-refractivity contribution in [2.45, 2.75) is 19.3 Å². The van der Waals surface area contributed by atoms with E-state index in [-0.39, 0.29) is 24.3 Å². The summed E-state index contributed by atoms with van der Waals surface area (Å²) in [5, 5.41) is 10.2. The van der Waals surface area contributed by atoms with Crippen LogP contribution in [0.3, 0.4) is 0 Å². The van der Waals surface area contributed by atoms with Gasteiger partial charge in [-0.15, -0.1) is 11.3 Å². The molecule has 0 aliphatic carbocycles. The molecule has 0 atom stereocenters. The summed E-state index contributed by atoms with van der Waals surface area (Å²) in [4.78, 5) is 39.2. The molecule has 0 unspecified atom stereocenters. The fourth-order valence-electron chi connectivity index (χ4n) is 6.33. The molecule has 0 amide bonds. The van der Waals surface area contributed by atoms with E-state index in [4.69, 9.17) is 18.9 Å². The average molecular weight is 725 g/mol. The predicted octanol–water partition coefficient (Wildman–Crippen LogP) is 6.00. The van der Waals surface area contributed by atoms with Crippen molar-refractivity contribution in [1.29, 1.82) is 0 Å². The number of hydrogen-bond donors (Lipinski definition) is 1. The van der Waals surface area contributed by atoms with Gasteiger partial charge in [-0.25, -0.2) is 9.37 Å². The number of Topliss-reactive ketones (excluding diaryl/α,β-unsaturated/α-hetero) is 1. The van der Waals surface area contributed by atoms with E-state index in [2.05, 4.69) is 14.9 Å². The molecule has 1 aliphatic heterocycles. The fourth-order valence-corrected chi connectivity index (χ4v) is 7.11. The van der Waals surface area contributed by atoms with Crippen LogP contribution in [0.2, 0.25) is 0 Å². The SMILES string of the molecule is COc1cc2c(Oc3ccc(CC(=O)c4cc5ncsc5n(-c5ccccc5CCO)c4=O)cc3F)ccnc2cc1OCCCN1CCOCC1. The standard InChI is InChI=1S/C39H37FN4O7S/c1-48-36-22-27-30(23-37(36)50-16-4-12-43-13-17-49-18-14-43)41-11-9-34(27)51-35-8-7-25(19-29(35)40)20-33(46)28-21-31-39(52-24-42-31)44(38(28)47)32-6-3-2-5-26(32)10-15-45/h2-3,5-9,11,19,21-24,45H,4,10,12-18,20H2,1H3. The lowest BCUT2D eigenvalue weighted by atomic mass is 10.0. The Balaban J connectivity index is 1.08. The van der Waals surface area contributed by atoms with Crippen molar-refractivity contribution in [1.82, 2.24) is 19.4 Å². The van der Waals surface area contributed by atoms with Gasteiger partial charge in [-0.1, -0.05) is 24.3 Å². The summed E-state index contributed by atoms with van der Waals surface area (Å²) < 4.78 is 40.2. The number of rotatable bonds is 14. The largest absolute Gasteiger partial charge is 0.493 e. The number of methoxy groups -OCH3 is 1. The zero-order chi connectivity index (χ0) is 36.0. The number of benzene rings is 3. The predicted molar refractivity (Wildman–Crippen MR) is 196 cm³/mol. The normalized spacial score (nSPS) is 13.4. The van der Waals surface area contributed by atoms with E-state index in [1.807, 2.05) is 12.1 Å². The molecule has 7 rings (SSSR count). The quantitative estimate of drug-likeness (QED) is 0.106. The van der Waals surface area contributed by atoms with Gasteiger partial charge in [0.25, 0.3) is 5.56 Å². The first kappa shape index (κ1) is 35.2. The molecule has 0 radical (unpaired) electrons. The number of thiazole rings is 1. The number of pyridine rings is 2. The van der Waals surface area contributed by atoms with Crippen LogP contribution in [-0.4, -0.2) is 83.5 Å². The molecule has 0 spiro atoms. The van der Waals surface area contributed by atoms with Gasteiger partial charge in [-0.2, -0.15) is 0 Å². The molecule has 11 nitrogen and oxygen atoms in total. The Morgan fingerprint density at radius 2 is 1.83 bits per heavy atom. The zero-order valence-corrected chi connectivity index (χ0v) is 29.4. The van der Waals surface area contributed by atoms with E-state index in [0.717, 1.165) is 44.8 Å². The van der Waals surface area contributed by atoms with Gasteiger partial charge in [0, 0.05) is 50.3 Å². The van der Waals surface area contributed by atoms with E-state index in [1.54, 1.807) is 55.2 Å². The molecule has 3 aromatic carbocycles. The molecule has 6 aromatic rings. The van der Waals surface area contributed by atoms with Gasteiger partial charge in [-0.05, 0) is 60.4 Å². The molecule has 4 heterocycles. The summed E-state index contributed by atoms with van der Waals surface area (Å²) in [6, 6.07) is 18.2. The van der Waals surface area contributed by atoms with E-state index < -0.39 is 17.2 Å². The smallest absolute Gasteiger partial charge is 0.267 e. The minimum absolute atomic E-state index is 0.0437. The monoisotopic (exact) mass is 724 g/mol. The van der Waals surface area contributed by atoms with E-state index in [9.17, 15) is 14.7 Å². The van der Waals surface area contributed by atoms with Crippen molar-refractivity contribution in [2.24, 2.45) is 0 Å². The van der Waals surface area contributed by atoms with Crippen LogP contribution in [0.25, 0.3) is 26.9 Å². The summed E-state index contributed by atoms with van der Waals surface area (Å²) in [5.41, 5.74) is 3.83. The number of para-hydroxylation sites is 1. The molecular weight excluding hydrogens is 688 g/mol. The van der Waals surface area contributed by atoms with Crippen molar-refractivity contribution in [3.63, 3.8) is 0 Å². The van der Waals surface area contributed by atoms with Gasteiger partial charge in [0.1, 0.15) is 10.6 Å². The third kappa shape index (κ3) is 7.53. The molecule has 3 aromatic heterocycles. The van der Waals surface area contributed by atoms with Crippen LogP contribution in [-0.2, 0) is 17.6 Å². The average Bonchev–Trinajstić information content (AvgIpc) is 3.63. The summed E-state index contributed by atoms with van der Waals surface area (Å²) in [5.74, 6) is 0.219. The molecule has 0 bridgehead atoms. The number of morpholine rings is 1. The number of aliphatic hydroxyl groups is 1. The van der Waals surface area contributed by atoms with Crippen LogP contribution >= 0.6 is 11.3 Å². The number of carbonyl (C=O) groups excluding carboxylic acids is 1. The van der Waals surface area contributed by atoms with Crippen molar-refractivity contribution in [3.8, 4) is 28.7 Å². The fraction of sp³-hybridized carbons (Fsp3) is 0.282. The summed E-state index contributed by atoms with van der Waals surface area (Å²) in [6.07, 6.45) is 2.54. The van der Waals surface area contributed by atoms with Crippen molar-refractivity contribution >= 4 is 38.4 Å². The van der Waals surface area contributed by atoms with Crippen LogP contribution in [0.1, 0.15) is 27.9 Å². The Hall–Kier alpha value is -5.21. The molecule has 0 saturated carbocycles. The maximum absolute atomic E-state index is 15.6. The third-order valence-corrected chi connectivity index (χ3v) is 9.78. The number of ether oxygens (including phenoxy) is 4. The van der Waals surface area contributed by atoms with Crippen molar-refractivity contribution < 1.29 is 33.2 Å². The molecule has 13 heteroatoms. The van der Waals surface area contributed by atoms with Crippen LogP contribution in [0.5, 0.6) is 23.0 Å². The summed E-state index contributed by atoms with van der Waals surface area (Å²) in [7, 11) is 1.55. The maximum Gasteiger partial charge on any atom is 0.267 e. The second-order valence-electron chi connectivity index (χ2n) is 12.3. The third-order valence-electron chi connectivity index (χ3n) is 8.95. The highest BCUT2D eigenvalue weighted by molar-refractivity contribution is 7.16. The second kappa shape index (κ2) is 16.0. The number of nitrogens with zero attached hydrogens (tertiary/aromatic N) is 4. The number of carbonyl (C=O) groups is 1. The highest BCUT2D eigenvalue weighted by Crippen LogP contribution is 2.38. The first-order chi connectivity index (χ1) is 25.4. The first-order valence-electron chi connectivity index (χ1n) is 17.0. The first-order valence-corrected chi connectivity index (χ1v) is 17.9. The van der Waals surface area contributed by atoms with Gasteiger partial charge >= 0.3 is 0 Å². The zero-order valence-electron chi connectivity index (χ0n) is 28.5.